The van der Waals surface area contributed by atoms with Crippen molar-refractivity contribution >= 4 is 5.91 Å². The lowest BCUT2D eigenvalue weighted by atomic mass is 9.97. The van der Waals surface area contributed by atoms with Crippen LogP contribution in [0.3, 0.4) is 0 Å². The van der Waals surface area contributed by atoms with Gasteiger partial charge in [-0.05, 0) is 69.0 Å². The molecule has 1 aromatic rings. The van der Waals surface area contributed by atoms with Gasteiger partial charge in [-0.3, -0.25) is 4.79 Å². The minimum absolute atomic E-state index is 0.0351. The molecule has 0 bridgehead atoms. The lowest BCUT2D eigenvalue weighted by molar-refractivity contribution is 0.0715. The van der Waals surface area contributed by atoms with Crippen LogP contribution in [0.25, 0.3) is 0 Å². The number of nitrogens with zero attached hydrogens (tertiary/aromatic N) is 1. The molecule has 0 saturated carbocycles. The summed E-state index contributed by atoms with van der Waals surface area (Å²) < 4.78 is 13.2. The summed E-state index contributed by atoms with van der Waals surface area (Å²) in [6, 6.07) is 4.41. The van der Waals surface area contributed by atoms with Gasteiger partial charge in [0.25, 0.3) is 5.91 Å². The van der Waals surface area contributed by atoms with Crippen molar-refractivity contribution in [3.8, 4) is 0 Å². The van der Waals surface area contributed by atoms with Crippen LogP contribution in [-0.2, 0) is 0 Å². The van der Waals surface area contributed by atoms with E-state index in [2.05, 4.69) is 12.2 Å². The van der Waals surface area contributed by atoms with Crippen molar-refractivity contribution in [2.24, 2.45) is 5.92 Å². The van der Waals surface area contributed by atoms with Crippen molar-refractivity contribution in [3.05, 3.63) is 35.1 Å². The summed E-state index contributed by atoms with van der Waals surface area (Å²) in [6.07, 6.45) is 3.18. The Morgan fingerprint density at radius 2 is 2.10 bits per heavy atom. The van der Waals surface area contributed by atoms with Crippen LogP contribution < -0.4 is 5.32 Å². The fourth-order valence-electron chi connectivity index (χ4n) is 2.96. The van der Waals surface area contributed by atoms with Crippen molar-refractivity contribution in [1.82, 2.24) is 10.2 Å². The third-order valence-electron chi connectivity index (χ3n) is 4.14. The van der Waals surface area contributed by atoms with Gasteiger partial charge in [0.05, 0.1) is 0 Å². The van der Waals surface area contributed by atoms with E-state index in [0.29, 0.717) is 17.0 Å². The third-order valence-corrected chi connectivity index (χ3v) is 4.14. The zero-order valence-electron chi connectivity index (χ0n) is 13.0. The molecule has 116 valence electrons. The summed E-state index contributed by atoms with van der Waals surface area (Å²) >= 11 is 0. The molecule has 1 fully saturated rings. The molecule has 3 nitrogen and oxygen atoms in total. The smallest absolute Gasteiger partial charge is 0.254 e. The number of aryl methyl sites for hydroxylation is 1. The number of carbonyl (C=O) groups is 1. The molecule has 1 aromatic carbocycles. The second kappa shape index (κ2) is 7.55. The van der Waals surface area contributed by atoms with Crippen molar-refractivity contribution in [2.45, 2.75) is 33.1 Å². The van der Waals surface area contributed by atoms with Gasteiger partial charge in [0, 0.05) is 18.7 Å². The maximum Gasteiger partial charge on any atom is 0.254 e. The zero-order chi connectivity index (χ0) is 15.2. The maximum atomic E-state index is 13.2. The Kier molecular flexibility index (Phi) is 5.74. The number of nitrogens with one attached hydrogen (secondary N) is 1. The molecule has 1 amide bonds. The van der Waals surface area contributed by atoms with Gasteiger partial charge in [-0.15, -0.1) is 0 Å². The molecule has 0 radical (unpaired) electrons. The first-order valence-corrected chi connectivity index (χ1v) is 7.88. The molecule has 0 aromatic heterocycles. The summed E-state index contributed by atoms with van der Waals surface area (Å²) in [5.41, 5.74) is 1.34. The van der Waals surface area contributed by atoms with Gasteiger partial charge in [0.15, 0.2) is 0 Å². The van der Waals surface area contributed by atoms with Gasteiger partial charge in [-0.2, -0.15) is 0 Å². The van der Waals surface area contributed by atoms with Crippen LogP contribution in [0, 0.1) is 18.7 Å². The average molecular weight is 292 g/mol. The molecular weight excluding hydrogens is 267 g/mol. The summed E-state index contributed by atoms with van der Waals surface area (Å²) in [5, 5.41) is 3.35. The standard InChI is InChI=1S/C17H25FN2O/c1-3-10-20(12-14-6-8-19-9-7-14)17(21)16-5-4-15(18)11-13(16)2/h4-5,11,14,19H,3,6-10,12H2,1-2H3. The van der Waals surface area contributed by atoms with E-state index in [1.807, 2.05) is 4.90 Å². The summed E-state index contributed by atoms with van der Waals surface area (Å²) in [5.74, 6) is 0.319. The zero-order valence-corrected chi connectivity index (χ0v) is 13.0. The molecule has 1 aliphatic heterocycles. The lowest BCUT2D eigenvalue weighted by Crippen LogP contribution is -2.40. The van der Waals surface area contributed by atoms with Crippen LogP contribution in [0.5, 0.6) is 0 Å². The van der Waals surface area contributed by atoms with E-state index in [-0.39, 0.29) is 11.7 Å². The van der Waals surface area contributed by atoms with Crippen molar-refractivity contribution < 1.29 is 9.18 Å². The van der Waals surface area contributed by atoms with Crippen LogP contribution in [0.2, 0.25) is 0 Å². The number of benzene rings is 1. The predicted molar refractivity (Wildman–Crippen MR) is 82.9 cm³/mol. The monoisotopic (exact) mass is 292 g/mol. The van der Waals surface area contributed by atoms with Crippen molar-refractivity contribution in [3.63, 3.8) is 0 Å². The van der Waals surface area contributed by atoms with Gasteiger partial charge < -0.3 is 10.2 Å². The number of amides is 1. The Morgan fingerprint density at radius 3 is 2.71 bits per heavy atom. The van der Waals surface area contributed by atoms with Crippen molar-refractivity contribution in [2.75, 3.05) is 26.2 Å². The Hall–Kier alpha value is -1.42. The second-order valence-corrected chi connectivity index (χ2v) is 5.90. The van der Waals surface area contributed by atoms with Crippen LogP contribution in [0.15, 0.2) is 18.2 Å². The van der Waals surface area contributed by atoms with Gasteiger partial charge in [0.2, 0.25) is 0 Å². The Balaban J connectivity index is 2.10. The summed E-state index contributed by atoms with van der Waals surface area (Å²) in [7, 11) is 0. The fraction of sp³-hybridized carbons (Fsp3) is 0.588. The van der Waals surface area contributed by atoms with E-state index >= 15 is 0 Å². The molecule has 1 N–H and O–H groups in total. The summed E-state index contributed by atoms with van der Waals surface area (Å²) in [6.45, 7) is 7.53. The SMILES string of the molecule is CCCN(CC1CCNCC1)C(=O)c1ccc(F)cc1C. The number of halogens is 1. The van der Waals surface area contributed by atoms with Crippen LogP contribution in [-0.4, -0.2) is 37.0 Å². The highest BCUT2D eigenvalue weighted by Crippen LogP contribution is 2.18. The molecule has 0 spiro atoms. The minimum atomic E-state index is -0.288. The predicted octanol–water partition coefficient (Wildman–Crippen LogP) is 2.99. The highest BCUT2D eigenvalue weighted by molar-refractivity contribution is 5.95. The van der Waals surface area contributed by atoms with E-state index in [4.69, 9.17) is 0 Å². The second-order valence-electron chi connectivity index (χ2n) is 5.90. The van der Waals surface area contributed by atoms with Crippen LogP contribution >= 0.6 is 0 Å². The molecule has 1 aliphatic rings. The molecule has 0 unspecified atom stereocenters. The number of hydrogen-bond donors (Lipinski definition) is 1. The van der Waals surface area contributed by atoms with Gasteiger partial charge in [0.1, 0.15) is 5.82 Å². The van der Waals surface area contributed by atoms with Gasteiger partial charge in [-0.25, -0.2) is 4.39 Å². The van der Waals surface area contributed by atoms with Crippen LogP contribution in [0.4, 0.5) is 4.39 Å². The molecular formula is C17H25FN2O. The molecule has 0 atom stereocenters. The first kappa shape index (κ1) is 16.0. The van der Waals surface area contributed by atoms with E-state index in [9.17, 15) is 9.18 Å². The third kappa shape index (κ3) is 4.27. The Morgan fingerprint density at radius 1 is 1.38 bits per heavy atom. The lowest BCUT2D eigenvalue weighted by Gasteiger charge is -2.30. The number of carbonyl (C=O) groups excluding carboxylic acids is 1. The molecule has 1 heterocycles. The maximum absolute atomic E-state index is 13.2. The van der Waals surface area contributed by atoms with E-state index in [1.165, 1.54) is 12.1 Å². The number of piperidine rings is 1. The van der Waals surface area contributed by atoms with E-state index < -0.39 is 0 Å². The average Bonchev–Trinajstić information content (AvgIpc) is 2.47. The Labute approximate surface area is 126 Å². The molecule has 21 heavy (non-hydrogen) atoms. The van der Waals surface area contributed by atoms with E-state index in [0.717, 1.165) is 45.4 Å². The first-order chi connectivity index (χ1) is 10.1. The fourth-order valence-corrected chi connectivity index (χ4v) is 2.96. The van der Waals surface area contributed by atoms with Gasteiger partial charge >= 0.3 is 0 Å². The Bertz CT molecular complexity index is 484. The molecule has 2 rings (SSSR count). The first-order valence-electron chi connectivity index (χ1n) is 7.88. The molecule has 1 saturated heterocycles. The molecule has 0 aliphatic carbocycles. The highest BCUT2D eigenvalue weighted by atomic mass is 19.1. The highest BCUT2D eigenvalue weighted by Gasteiger charge is 2.22. The van der Waals surface area contributed by atoms with E-state index in [1.54, 1.807) is 13.0 Å². The quantitative estimate of drug-likeness (QED) is 0.905. The number of hydrogen-bond acceptors (Lipinski definition) is 2. The van der Waals surface area contributed by atoms with Crippen LogP contribution in [0.1, 0.15) is 42.1 Å². The van der Waals surface area contributed by atoms with Gasteiger partial charge in [-0.1, -0.05) is 6.92 Å². The summed E-state index contributed by atoms with van der Waals surface area (Å²) in [4.78, 5) is 14.7. The normalized spacial score (nSPS) is 16.0. The molecule has 4 heteroatoms. The largest absolute Gasteiger partial charge is 0.338 e. The minimum Gasteiger partial charge on any atom is -0.338 e. The topological polar surface area (TPSA) is 32.3 Å². The van der Waals surface area contributed by atoms with Crippen molar-refractivity contribution in [1.29, 1.82) is 0 Å². The number of rotatable bonds is 5.